The monoisotopic (exact) mass is 344 g/mol. The van der Waals surface area contributed by atoms with Gasteiger partial charge in [0.2, 0.25) is 0 Å². The van der Waals surface area contributed by atoms with Crippen LogP contribution < -0.4 is 10.5 Å². The number of hydrogen-bond acceptors (Lipinski definition) is 6. The Bertz CT molecular complexity index is 691. The first kappa shape index (κ1) is 17.4. The lowest BCUT2D eigenvalue weighted by molar-refractivity contribution is 0.0996. The summed E-state index contributed by atoms with van der Waals surface area (Å²) >= 11 is 0. The molecule has 0 unspecified atom stereocenters. The molecule has 134 valence electrons. The number of aromatic amines is 1. The summed E-state index contributed by atoms with van der Waals surface area (Å²) in [6.45, 7) is 6.28. The van der Waals surface area contributed by atoms with Gasteiger partial charge in [0.05, 0.1) is 6.61 Å². The number of aromatic nitrogens is 3. The number of ether oxygens (including phenoxy) is 1. The first-order valence-corrected chi connectivity index (χ1v) is 8.48. The van der Waals surface area contributed by atoms with Crippen molar-refractivity contribution in [1.29, 1.82) is 0 Å². The number of amides is 1. The minimum absolute atomic E-state index is 0.140. The van der Waals surface area contributed by atoms with Crippen molar-refractivity contribution in [1.82, 2.24) is 25.2 Å². The SMILES string of the molecule is CN1CCN(CCCOc2ccc(-c3n[nH]nc3C(N)=O)cc2)CC1. The molecule has 0 saturated carbocycles. The third-order valence-electron chi connectivity index (χ3n) is 4.39. The highest BCUT2D eigenvalue weighted by atomic mass is 16.5. The van der Waals surface area contributed by atoms with E-state index in [1.807, 2.05) is 24.3 Å². The van der Waals surface area contributed by atoms with Crippen LogP contribution in [0, 0.1) is 0 Å². The van der Waals surface area contributed by atoms with Crippen LogP contribution in [0.25, 0.3) is 11.3 Å². The van der Waals surface area contributed by atoms with Gasteiger partial charge in [0.25, 0.3) is 5.91 Å². The van der Waals surface area contributed by atoms with E-state index < -0.39 is 5.91 Å². The van der Waals surface area contributed by atoms with E-state index in [4.69, 9.17) is 10.5 Å². The second kappa shape index (κ2) is 8.09. The lowest BCUT2D eigenvalue weighted by atomic mass is 10.1. The van der Waals surface area contributed by atoms with Crippen LogP contribution in [-0.2, 0) is 0 Å². The molecule has 0 spiro atoms. The molecule has 8 nitrogen and oxygen atoms in total. The highest BCUT2D eigenvalue weighted by molar-refractivity contribution is 5.96. The molecule has 1 fully saturated rings. The van der Waals surface area contributed by atoms with Gasteiger partial charge in [0, 0.05) is 38.3 Å². The molecule has 1 amide bonds. The normalized spacial score (nSPS) is 16.0. The van der Waals surface area contributed by atoms with Gasteiger partial charge in [-0.2, -0.15) is 15.4 Å². The number of nitrogens with zero attached hydrogens (tertiary/aromatic N) is 4. The van der Waals surface area contributed by atoms with E-state index in [1.165, 1.54) is 0 Å². The zero-order valence-electron chi connectivity index (χ0n) is 14.4. The maximum absolute atomic E-state index is 11.3. The summed E-state index contributed by atoms with van der Waals surface area (Å²) in [7, 11) is 2.16. The van der Waals surface area contributed by atoms with E-state index in [0.717, 1.165) is 50.5 Å². The Morgan fingerprint density at radius 1 is 1.20 bits per heavy atom. The van der Waals surface area contributed by atoms with E-state index in [0.29, 0.717) is 12.3 Å². The number of likely N-dealkylation sites (N-methyl/N-ethyl adjacent to an activating group) is 1. The van der Waals surface area contributed by atoms with Gasteiger partial charge in [-0.3, -0.25) is 4.79 Å². The second-order valence-electron chi connectivity index (χ2n) is 6.26. The summed E-state index contributed by atoms with van der Waals surface area (Å²) in [6, 6.07) is 7.43. The number of H-pyrrole nitrogens is 1. The molecule has 3 rings (SSSR count). The van der Waals surface area contributed by atoms with Crippen molar-refractivity contribution in [3.63, 3.8) is 0 Å². The second-order valence-corrected chi connectivity index (χ2v) is 6.26. The molecule has 1 saturated heterocycles. The largest absolute Gasteiger partial charge is 0.494 e. The quantitative estimate of drug-likeness (QED) is 0.713. The molecule has 3 N–H and O–H groups in total. The van der Waals surface area contributed by atoms with Gasteiger partial charge in [0.15, 0.2) is 5.69 Å². The summed E-state index contributed by atoms with van der Waals surface area (Å²) in [5.74, 6) is 0.194. The van der Waals surface area contributed by atoms with Gasteiger partial charge >= 0.3 is 0 Å². The van der Waals surface area contributed by atoms with E-state index in [1.54, 1.807) is 0 Å². The minimum Gasteiger partial charge on any atom is -0.494 e. The van der Waals surface area contributed by atoms with Crippen LogP contribution in [0.5, 0.6) is 5.75 Å². The lowest BCUT2D eigenvalue weighted by Gasteiger charge is -2.32. The van der Waals surface area contributed by atoms with Gasteiger partial charge in [-0.25, -0.2) is 0 Å². The molecule has 0 radical (unpaired) electrons. The predicted octanol–water partition coefficient (Wildman–Crippen LogP) is 0.587. The van der Waals surface area contributed by atoms with Crippen LogP contribution in [0.4, 0.5) is 0 Å². The average molecular weight is 344 g/mol. The van der Waals surface area contributed by atoms with Gasteiger partial charge < -0.3 is 20.3 Å². The number of hydrogen-bond donors (Lipinski definition) is 2. The van der Waals surface area contributed by atoms with Gasteiger partial charge in [-0.1, -0.05) is 0 Å². The maximum Gasteiger partial charge on any atom is 0.271 e. The van der Waals surface area contributed by atoms with E-state index in [-0.39, 0.29) is 5.69 Å². The summed E-state index contributed by atoms with van der Waals surface area (Å²) in [5.41, 5.74) is 6.65. The topological polar surface area (TPSA) is 100 Å². The number of primary amides is 1. The zero-order chi connectivity index (χ0) is 17.6. The van der Waals surface area contributed by atoms with E-state index in [2.05, 4.69) is 32.3 Å². The van der Waals surface area contributed by atoms with Crippen LogP contribution in [0.2, 0.25) is 0 Å². The minimum atomic E-state index is -0.604. The summed E-state index contributed by atoms with van der Waals surface area (Å²) in [6.07, 6.45) is 1.00. The van der Waals surface area contributed by atoms with Crippen molar-refractivity contribution in [2.75, 3.05) is 46.4 Å². The molecule has 2 aromatic rings. The Kier molecular flexibility index (Phi) is 5.62. The first-order chi connectivity index (χ1) is 12.1. The number of carbonyl (C=O) groups is 1. The number of nitrogens with two attached hydrogens (primary N) is 1. The number of carbonyl (C=O) groups excluding carboxylic acids is 1. The highest BCUT2D eigenvalue weighted by Crippen LogP contribution is 2.22. The molecule has 25 heavy (non-hydrogen) atoms. The standard InChI is InChI=1S/C17H24N6O2/c1-22-8-10-23(11-9-22)7-2-12-25-14-5-3-13(4-6-14)15-16(17(18)24)20-21-19-15/h3-6H,2,7-12H2,1H3,(H2,18,24)(H,19,20,21). The molecule has 1 aliphatic heterocycles. The van der Waals surface area contributed by atoms with E-state index >= 15 is 0 Å². The fourth-order valence-corrected chi connectivity index (χ4v) is 2.86. The van der Waals surface area contributed by atoms with Crippen LogP contribution in [0.3, 0.4) is 0 Å². The predicted molar refractivity (Wildman–Crippen MR) is 94.4 cm³/mol. The highest BCUT2D eigenvalue weighted by Gasteiger charge is 2.15. The molecule has 0 atom stereocenters. The Labute approximate surface area is 146 Å². The molecular formula is C17H24N6O2. The van der Waals surface area contributed by atoms with Crippen LogP contribution >= 0.6 is 0 Å². The van der Waals surface area contributed by atoms with Crippen LogP contribution in [0.1, 0.15) is 16.9 Å². The van der Waals surface area contributed by atoms with Gasteiger partial charge in [-0.15, -0.1) is 0 Å². The molecule has 8 heteroatoms. The molecular weight excluding hydrogens is 320 g/mol. The fraction of sp³-hybridized carbons (Fsp3) is 0.471. The summed E-state index contributed by atoms with van der Waals surface area (Å²) in [4.78, 5) is 16.1. The molecule has 2 heterocycles. The third kappa shape index (κ3) is 4.55. The van der Waals surface area contributed by atoms with Crippen molar-refractivity contribution >= 4 is 5.91 Å². The van der Waals surface area contributed by atoms with Crippen molar-refractivity contribution in [2.24, 2.45) is 5.73 Å². The summed E-state index contributed by atoms with van der Waals surface area (Å²) in [5, 5.41) is 10.2. The Morgan fingerprint density at radius 3 is 2.60 bits per heavy atom. The number of nitrogens with one attached hydrogen (secondary N) is 1. The Balaban J connectivity index is 1.46. The molecule has 1 aromatic heterocycles. The number of rotatable bonds is 7. The smallest absolute Gasteiger partial charge is 0.271 e. The Morgan fingerprint density at radius 2 is 1.92 bits per heavy atom. The fourth-order valence-electron chi connectivity index (χ4n) is 2.86. The van der Waals surface area contributed by atoms with Crippen LogP contribution in [-0.4, -0.2) is 77.5 Å². The van der Waals surface area contributed by atoms with Crippen molar-refractivity contribution in [3.05, 3.63) is 30.0 Å². The third-order valence-corrected chi connectivity index (χ3v) is 4.39. The molecule has 0 aliphatic carbocycles. The lowest BCUT2D eigenvalue weighted by Crippen LogP contribution is -2.44. The summed E-state index contributed by atoms with van der Waals surface area (Å²) < 4.78 is 5.80. The molecule has 1 aromatic carbocycles. The average Bonchev–Trinajstić information content (AvgIpc) is 3.11. The molecule has 1 aliphatic rings. The number of benzene rings is 1. The Hall–Kier alpha value is -2.45. The number of piperazine rings is 1. The van der Waals surface area contributed by atoms with Crippen molar-refractivity contribution < 1.29 is 9.53 Å². The van der Waals surface area contributed by atoms with Gasteiger partial charge in [-0.05, 0) is 37.7 Å². The van der Waals surface area contributed by atoms with Crippen LogP contribution in [0.15, 0.2) is 24.3 Å². The molecule has 0 bridgehead atoms. The van der Waals surface area contributed by atoms with Crippen molar-refractivity contribution in [2.45, 2.75) is 6.42 Å². The first-order valence-electron chi connectivity index (χ1n) is 8.48. The van der Waals surface area contributed by atoms with Crippen molar-refractivity contribution in [3.8, 4) is 17.0 Å². The van der Waals surface area contributed by atoms with Gasteiger partial charge in [0.1, 0.15) is 11.4 Å². The zero-order valence-corrected chi connectivity index (χ0v) is 14.4. The van der Waals surface area contributed by atoms with E-state index in [9.17, 15) is 4.79 Å². The maximum atomic E-state index is 11.3.